The van der Waals surface area contributed by atoms with E-state index < -0.39 is 60.4 Å². The summed E-state index contributed by atoms with van der Waals surface area (Å²) in [6.45, 7) is 10.4. The summed E-state index contributed by atoms with van der Waals surface area (Å²) in [5, 5.41) is 13.1. The number of esters is 1. The van der Waals surface area contributed by atoms with Gasteiger partial charge in [0, 0.05) is 17.8 Å². The molecule has 0 radical (unpaired) electrons. The van der Waals surface area contributed by atoms with Gasteiger partial charge in [-0.15, -0.1) is 0 Å². The molecule has 220 valence electrons. The number of hydrogen-bond acceptors (Lipinski definition) is 9. The average molecular weight is 566 g/mol. The largest absolute Gasteiger partial charge is 0.531 e. The number of carbonyl (C=O) groups is 4. The maximum absolute atomic E-state index is 13.5. The van der Waals surface area contributed by atoms with Gasteiger partial charge in [-0.3, -0.25) is 14.4 Å². The molecule has 2 aromatic rings. The number of benzene rings is 1. The Morgan fingerprint density at radius 2 is 1.78 bits per heavy atom. The van der Waals surface area contributed by atoms with E-state index in [1.807, 2.05) is 44.2 Å². The molecule has 41 heavy (non-hydrogen) atoms. The first-order valence-corrected chi connectivity index (χ1v) is 13.9. The van der Waals surface area contributed by atoms with Crippen molar-refractivity contribution in [3.63, 3.8) is 0 Å². The molecule has 11 heteroatoms. The van der Waals surface area contributed by atoms with Crippen LogP contribution in [0.5, 0.6) is 0 Å². The molecule has 0 unspecified atom stereocenters. The minimum absolute atomic E-state index is 0.0847. The highest BCUT2D eigenvalue weighted by Gasteiger charge is 2.45. The fourth-order valence-electron chi connectivity index (χ4n) is 4.58. The second-order valence-electron chi connectivity index (χ2n) is 11.7. The van der Waals surface area contributed by atoms with E-state index in [-0.39, 0.29) is 24.5 Å². The van der Waals surface area contributed by atoms with Gasteiger partial charge in [-0.1, -0.05) is 50.2 Å². The molecule has 1 fully saturated rings. The summed E-state index contributed by atoms with van der Waals surface area (Å²) in [7, 11) is -1.17. The number of carbonyl (C=O) groups excluding carboxylic acids is 4. The number of nitrogens with zero attached hydrogens (tertiary/aromatic N) is 1. The van der Waals surface area contributed by atoms with Gasteiger partial charge in [0.25, 0.3) is 11.9 Å². The second kappa shape index (κ2) is 13.9. The number of aliphatic hydroxyl groups is 1. The number of aliphatic hydroxyl groups excluding tert-OH is 1. The van der Waals surface area contributed by atoms with Crippen LogP contribution in [-0.2, 0) is 28.4 Å². The quantitative estimate of drug-likeness (QED) is 0.307. The van der Waals surface area contributed by atoms with Crippen molar-refractivity contribution in [1.29, 1.82) is 0 Å². The molecule has 0 spiro atoms. The van der Waals surface area contributed by atoms with Gasteiger partial charge in [-0.25, -0.2) is 9.78 Å². The number of amides is 1. The lowest BCUT2D eigenvalue weighted by molar-refractivity contribution is -0.171. The van der Waals surface area contributed by atoms with Crippen molar-refractivity contribution in [1.82, 2.24) is 10.3 Å². The number of hydrogen-bond donors (Lipinski definition) is 2. The highest BCUT2D eigenvalue weighted by molar-refractivity contribution is 6.50. The van der Waals surface area contributed by atoms with Crippen molar-refractivity contribution < 1.29 is 38.3 Å². The molecule has 0 saturated carbocycles. The molecule has 1 saturated heterocycles. The maximum Gasteiger partial charge on any atom is 0.531 e. The van der Waals surface area contributed by atoms with Gasteiger partial charge < -0.3 is 24.5 Å². The highest BCUT2D eigenvalue weighted by atomic mass is 16.7. The molecule has 1 amide bonds. The molecular formula is C30H39BN2O8. The molecule has 2 heterocycles. The Hall–Kier alpha value is -3.57. The Labute approximate surface area is 241 Å². The van der Waals surface area contributed by atoms with Gasteiger partial charge in [0.1, 0.15) is 17.3 Å². The van der Waals surface area contributed by atoms with E-state index in [1.165, 1.54) is 13.0 Å². The molecule has 1 aromatic carbocycles. The van der Waals surface area contributed by atoms with E-state index in [2.05, 4.69) is 10.3 Å². The smallest absolute Gasteiger partial charge is 0.509 e. The minimum Gasteiger partial charge on any atom is -0.509 e. The van der Waals surface area contributed by atoms with E-state index >= 15 is 0 Å². The molecule has 1 aliphatic heterocycles. The number of nitrogens with one attached hydrogen (secondary N) is 1. The summed E-state index contributed by atoms with van der Waals surface area (Å²) in [5.41, 5.74) is 0.732. The fraction of sp³-hybridized carbons (Fsp3) is 0.500. The minimum atomic E-state index is -1.25. The topological polar surface area (TPSA) is 141 Å². The Kier molecular flexibility index (Phi) is 10.8. The normalized spacial score (nSPS) is 17.8. The third-order valence-corrected chi connectivity index (χ3v) is 6.36. The van der Waals surface area contributed by atoms with Gasteiger partial charge in [0.2, 0.25) is 0 Å². The van der Waals surface area contributed by atoms with Crippen molar-refractivity contribution >= 4 is 30.7 Å². The van der Waals surface area contributed by atoms with Crippen molar-refractivity contribution in [2.24, 2.45) is 5.92 Å². The second-order valence-corrected chi connectivity index (χ2v) is 11.7. The first kappa shape index (κ1) is 32.0. The standard InChI is InChI=1S/C30H39BN2O8/c1-18(2)15-21(31-40-25(17-26(36)41-31)29(38)39-30(4,5)6)16-24(35)27(19(3)34)33-28(37)23-14-10-13-22(32-23)20-11-8-7-9-12-20/h7-14,18-19,21,25,27,34H,15-17H2,1-6H3,(H,33,37)/t19-,21-,25+,27+/m1/s1. The molecule has 0 aliphatic carbocycles. The van der Waals surface area contributed by atoms with E-state index in [1.54, 1.807) is 32.9 Å². The number of pyridine rings is 1. The van der Waals surface area contributed by atoms with Crippen LogP contribution in [0.4, 0.5) is 0 Å². The number of rotatable bonds is 11. The summed E-state index contributed by atoms with van der Waals surface area (Å²) in [6.07, 6.45) is -2.43. The van der Waals surface area contributed by atoms with Gasteiger partial charge >= 0.3 is 13.1 Å². The third kappa shape index (κ3) is 9.50. The first-order valence-electron chi connectivity index (χ1n) is 13.9. The van der Waals surface area contributed by atoms with Crippen LogP contribution in [0.2, 0.25) is 5.82 Å². The zero-order chi connectivity index (χ0) is 30.3. The lowest BCUT2D eigenvalue weighted by Gasteiger charge is -2.33. The van der Waals surface area contributed by atoms with Crippen molar-refractivity contribution in [3.05, 3.63) is 54.2 Å². The molecule has 0 bridgehead atoms. The zero-order valence-electron chi connectivity index (χ0n) is 24.5. The molecule has 10 nitrogen and oxygen atoms in total. The van der Waals surface area contributed by atoms with E-state index in [0.29, 0.717) is 12.1 Å². The number of ether oxygens (including phenoxy) is 1. The lowest BCUT2D eigenvalue weighted by atomic mass is 9.64. The molecule has 3 rings (SSSR count). The first-order chi connectivity index (χ1) is 19.2. The summed E-state index contributed by atoms with van der Waals surface area (Å²) in [4.78, 5) is 56.0. The fourth-order valence-corrected chi connectivity index (χ4v) is 4.58. The Balaban J connectivity index is 1.75. The Bertz CT molecular complexity index is 1230. The van der Waals surface area contributed by atoms with Crippen LogP contribution >= 0.6 is 0 Å². The maximum atomic E-state index is 13.5. The van der Waals surface area contributed by atoms with Gasteiger partial charge in [-0.05, 0) is 52.2 Å². The summed E-state index contributed by atoms with van der Waals surface area (Å²) >= 11 is 0. The van der Waals surface area contributed by atoms with Crippen LogP contribution in [0.15, 0.2) is 48.5 Å². The number of aromatic nitrogens is 1. The predicted octanol–water partition coefficient (Wildman–Crippen LogP) is 3.77. The van der Waals surface area contributed by atoms with E-state index in [0.717, 1.165) is 5.56 Å². The van der Waals surface area contributed by atoms with E-state index in [4.69, 9.17) is 14.0 Å². The predicted molar refractivity (Wildman–Crippen MR) is 153 cm³/mol. The summed E-state index contributed by atoms with van der Waals surface area (Å²) in [5.74, 6) is -2.96. The third-order valence-electron chi connectivity index (χ3n) is 6.36. The molecule has 1 aliphatic rings. The molecule has 1 aromatic heterocycles. The van der Waals surface area contributed by atoms with Gasteiger partial charge in [0.15, 0.2) is 11.9 Å². The van der Waals surface area contributed by atoms with Crippen LogP contribution in [0.1, 0.15) is 71.3 Å². The zero-order valence-corrected chi connectivity index (χ0v) is 24.5. The summed E-state index contributed by atoms with van der Waals surface area (Å²) in [6, 6.07) is 13.1. The van der Waals surface area contributed by atoms with Crippen LogP contribution in [0, 0.1) is 5.92 Å². The molecule has 2 N–H and O–H groups in total. The van der Waals surface area contributed by atoms with Crippen molar-refractivity contribution in [2.75, 3.05) is 0 Å². The van der Waals surface area contributed by atoms with Crippen molar-refractivity contribution in [2.45, 2.75) is 90.5 Å². The SMILES string of the molecule is CC(C)C[C@H](CC(=O)[C@@H](NC(=O)c1cccc(-c2ccccc2)n1)[C@@H](C)O)B1OC(=O)C[C@@H](C(=O)OC(C)(C)C)O1. The van der Waals surface area contributed by atoms with Crippen molar-refractivity contribution in [3.8, 4) is 11.3 Å². The number of Topliss-reactive ketones (excluding diaryl/α,β-unsaturated/α-hetero) is 1. The molecular weight excluding hydrogens is 527 g/mol. The lowest BCUT2D eigenvalue weighted by Crippen LogP contribution is -2.50. The average Bonchev–Trinajstić information content (AvgIpc) is 2.90. The van der Waals surface area contributed by atoms with Gasteiger partial charge in [-0.2, -0.15) is 0 Å². The highest BCUT2D eigenvalue weighted by Crippen LogP contribution is 2.31. The molecule has 4 atom stereocenters. The summed E-state index contributed by atoms with van der Waals surface area (Å²) < 4.78 is 16.7. The van der Waals surface area contributed by atoms with Crippen LogP contribution in [-0.4, -0.2) is 64.7 Å². The van der Waals surface area contributed by atoms with Gasteiger partial charge in [0.05, 0.1) is 18.2 Å². The number of ketones is 1. The van der Waals surface area contributed by atoms with Crippen LogP contribution in [0.3, 0.4) is 0 Å². The van der Waals surface area contributed by atoms with Crippen LogP contribution in [0.25, 0.3) is 11.3 Å². The Morgan fingerprint density at radius 3 is 2.39 bits per heavy atom. The monoisotopic (exact) mass is 566 g/mol. The Morgan fingerprint density at radius 1 is 1.10 bits per heavy atom. The van der Waals surface area contributed by atoms with E-state index in [9.17, 15) is 24.3 Å². The van der Waals surface area contributed by atoms with Crippen LogP contribution < -0.4 is 5.32 Å².